The van der Waals surface area contributed by atoms with E-state index in [0.717, 1.165) is 44.1 Å². The highest BCUT2D eigenvalue weighted by Gasteiger charge is 2.69. The number of carbonyl (C=O) groups is 1. The molecule has 6 rings (SSSR count). The van der Waals surface area contributed by atoms with E-state index >= 15 is 0 Å². The van der Waals surface area contributed by atoms with Crippen molar-refractivity contribution >= 4 is 27.5 Å². The van der Waals surface area contributed by atoms with Crippen LogP contribution in [-0.4, -0.2) is 47.4 Å². The normalized spacial score (nSPS) is 30.6. The van der Waals surface area contributed by atoms with Crippen LogP contribution in [-0.2, 0) is 15.6 Å². The van der Waals surface area contributed by atoms with Crippen LogP contribution in [0.3, 0.4) is 0 Å². The molecule has 4 fully saturated rings. The van der Waals surface area contributed by atoms with Gasteiger partial charge in [-0.1, -0.05) is 11.6 Å². The summed E-state index contributed by atoms with van der Waals surface area (Å²) in [6.07, 6.45) is 5.88. The molecule has 2 aromatic rings. The molecule has 0 aliphatic heterocycles. The number of hydrogen-bond acceptors (Lipinski definition) is 7. The minimum absolute atomic E-state index is 0.0305. The van der Waals surface area contributed by atoms with E-state index in [1.54, 1.807) is 9.52 Å². The van der Waals surface area contributed by atoms with Crippen LogP contribution in [0.4, 0.5) is 4.39 Å². The van der Waals surface area contributed by atoms with Crippen LogP contribution < -0.4 is 9.46 Å². The Hall–Kier alpha value is -2.27. The number of nitrogens with zero attached hydrogens (tertiary/aromatic N) is 4. The molecule has 172 valence electrons. The first-order valence-corrected chi connectivity index (χ1v) is 12.7. The monoisotopic (exact) mass is 483 g/mol. The van der Waals surface area contributed by atoms with Gasteiger partial charge in [0.2, 0.25) is 10.0 Å². The molecule has 2 atom stereocenters. The van der Waals surface area contributed by atoms with Gasteiger partial charge in [-0.05, 0) is 62.1 Å². The van der Waals surface area contributed by atoms with Crippen LogP contribution in [0.25, 0.3) is 0 Å². The van der Waals surface area contributed by atoms with Crippen LogP contribution in [0.2, 0.25) is 5.02 Å². The Bertz CT molecular complexity index is 1200. The molecule has 9 nitrogen and oxygen atoms in total. The van der Waals surface area contributed by atoms with Gasteiger partial charge >= 0.3 is 0 Å². The molecule has 1 amide bonds. The minimum atomic E-state index is -3.84. The maximum absolute atomic E-state index is 14.6. The Balaban J connectivity index is 1.41. The number of ether oxygens (including phenoxy) is 1. The molecule has 1 N–H and O–H groups in total. The summed E-state index contributed by atoms with van der Waals surface area (Å²) < 4.78 is 45.0. The SMILES string of the molecule is Cc1nnn(C23CC4CC(CC2(COc2cc(F)c(C(=O)NS(C)(=O)=O)cc2Cl)C4)C3)n1. The Morgan fingerprint density at radius 1 is 1.31 bits per heavy atom. The molecule has 0 radical (unpaired) electrons. The topological polar surface area (TPSA) is 116 Å². The Morgan fingerprint density at radius 2 is 2.00 bits per heavy atom. The summed E-state index contributed by atoms with van der Waals surface area (Å²) >= 11 is 6.27. The number of hydrogen-bond donors (Lipinski definition) is 1. The van der Waals surface area contributed by atoms with Crippen molar-refractivity contribution in [1.29, 1.82) is 0 Å². The molecule has 0 spiro atoms. The lowest BCUT2D eigenvalue weighted by Gasteiger charge is -2.39. The van der Waals surface area contributed by atoms with Crippen molar-refractivity contribution in [1.82, 2.24) is 24.9 Å². The van der Waals surface area contributed by atoms with Gasteiger partial charge in [0, 0.05) is 11.5 Å². The van der Waals surface area contributed by atoms with Crippen LogP contribution in [0.15, 0.2) is 12.1 Å². The highest BCUT2D eigenvalue weighted by atomic mass is 35.5. The van der Waals surface area contributed by atoms with Gasteiger partial charge in [-0.15, -0.1) is 10.2 Å². The van der Waals surface area contributed by atoms with E-state index in [9.17, 15) is 17.6 Å². The first-order valence-electron chi connectivity index (χ1n) is 10.4. The van der Waals surface area contributed by atoms with Gasteiger partial charge < -0.3 is 4.74 Å². The number of benzene rings is 1. The summed E-state index contributed by atoms with van der Waals surface area (Å²) in [6.45, 7) is 2.13. The number of sulfonamides is 1. The summed E-state index contributed by atoms with van der Waals surface area (Å²) in [5, 5.41) is 13.0. The highest BCUT2D eigenvalue weighted by molar-refractivity contribution is 7.89. The first-order chi connectivity index (χ1) is 15.0. The molecule has 1 heterocycles. The molecule has 4 saturated carbocycles. The zero-order valence-corrected chi connectivity index (χ0v) is 19.2. The number of tetrazole rings is 1. The van der Waals surface area contributed by atoms with E-state index < -0.39 is 27.3 Å². The summed E-state index contributed by atoms with van der Waals surface area (Å²) in [5.74, 6) is -0.148. The molecule has 4 bridgehead atoms. The second-order valence-electron chi connectivity index (χ2n) is 9.48. The lowest BCUT2D eigenvalue weighted by Crippen LogP contribution is -2.47. The first kappa shape index (κ1) is 21.6. The average molecular weight is 484 g/mol. The number of amides is 1. The van der Waals surface area contributed by atoms with Crippen molar-refractivity contribution in [3.8, 4) is 5.75 Å². The zero-order chi connectivity index (χ0) is 22.9. The van der Waals surface area contributed by atoms with E-state index in [1.807, 2.05) is 6.92 Å². The minimum Gasteiger partial charge on any atom is -0.491 e. The molecule has 1 aromatic carbocycles. The number of aryl methyl sites for hydroxylation is 1. The van der Waals surface area contributed by atoms with Crippen molar-refractivity contribution in [2.45, 2.75) is 44.6 Å². The number of nitrogens with one attached hydrogen (secondary N) is 1. The summed E-state index contributed by atoms with van der Waals surface area (Å²) in [5.41, 5.74) is -0.951. The van der Waals surface area contributed by atoms with Crippen molar-refractivity contribution in [2.75, 3.05) is 12.9 Å². The number of halogens is 2. The predicted octanol–water partition coefficient (Wildman–Crippen LogP) is 2.45. The van der Waals surface area contributed by atoms with E-state index in [-0.39, 0.29) is 21.7 Å². The maximum atomic E-state index is 14.6. The second-order valence-corrected chi connectivity index (χ2v) is 11.6. The number of rotatable bonds is 6. The van der Waals surface area contributed by atoms with Gasteiger partial charge in [0.1, 0.15) is 11.6 Å². The van der Waals surface area contributed by atoms with Gasteiger partial charge in [-0.3, -0.25) is 4.79 Å². The molecular weight excluding hydrogens is 461 g/mol. The van der Waals surface area contributed by atoms with Crippen LogP contribution in [0.1, 0.15) is 48.3 Å². The molecule has 2 unspecified atom stereocenters. The fourth-order valence-corrected chi connectivity index (χ4v) is 7.00. The van der Waals surface area contributed by atoms with Crippen LogP contribution in [0.5, 0.6) is 5.75 Å². The van der Waals surface area contributed by atoms with E-state index in [1.165, 1.54) is 6.42 Å². The van der Waals surface area contributed by atoms with Gasteiger partial charge in [0.05, 0.1) is 29.0 Å². The fraction of sp³-hybridized carbons (Fsp3) is 0.600. The molecule has 12 heteroatoms. The third-order valence-corrected chi connectivity index (χ3v) is 8.06. The van der Waals surface area contributed by atoms with Crippen molar-refractivity contribution in [3.05, 3.63) is 34.4 Å². The molecule has 4 aliphatic rings. The lowest BCUT2D eigenvalue weighted by molar-refractivity contribution is 0.0345. The van der Waals surface area contributed by atoms with E-state index in [0.29, 0.717) is 24.3 Å². The smallest absolute Gasteiger partial charge is 0.267 e. The fourth-order valence-electron chi connectivity index (χ4n) is 6.33. The highest BCUT2D eigenvalue weighted by Crippen LogP contribution is 2.70. The summed E-state index contributed by atoms with van der Waals surface area (Å²) in [4.78, 5) is 13.8. The number of aromatic nitrogens is 4. The van der Waals surface area contributed by atoms with Crippen molar-refractivity contribution in [3.63, 3.8) is 0 Å². The van der Waals surface area contributed by atoms with Gasteiger partial charge in [-0.2, -0.15) is 4.80 Å². The van der Waals surface area contributed by atoms with Crippen molar-refractivity contribution in [2.24, 2.45) is 17.3 Å². The molecular formula is C20H23ClFN5O4S. The largest absolute Gasteiger partial charge is 0.491 e. The van der Waals surface area contributed by atoms with E-state index in [2.05, 4.69) is 15.4 Å². The van der Waals surface area contributed by atoms with Crippen molar-refractivity contribution < 1.29 is 22.3 Å². The predicted molar refractivity (Wildman–Crippen MR) is 112 cm³/mol. The summed E-state index contributed by atoms with van der Waals surface area (Å²) in [7, 11) is -3.84. The van der Waals surface area contributed by atoms with Gasteiger partial charge in [-0.25, -0.2) is 17.5 Å². The summed E-state index contributed by atoms with van der Waals surface area (Å²) in [6, 6.07) is 2.11. The lowest BCUT2D eigenvalue weighted by atomic mass is 9.74. The zero-order valence-electron chi connectivity index (χ0n) is 17.6. The standard InChI is InChI=1S/C20H23ClFN5O4S/c1-11-23-26-27(24-11)20-8-12-3-13(9-20)7-19(20,6-12)10-31-17-5-16(22)14(4-15(17)21)18(28)25-32(2,29)30/h4-5,12-13H,3,6-10H2,1-2H3,(H,25,28). The second kappa shape index (κ2) is 7.11. The third-order valence-electron chi connectivity index (χ3n) is 7.21. The molecule has 4 aliphatic carbocycles. The maximum Gasteiger partial charge on any atom is 0.267 e. The van der Waals surface area contributed by atoms with Gasteiger partial charge in [0.15, 0.2) is 5.82 Å². The van der Waals surface area contributed by atoms with Gasteiger partial charge in [0.25, 0.3) is 5.91 Å². The van der Waals surface area contributed by atoms with Crippen LogP contribution >= 0.6 is 11.6 Å². The Morgan fingerprint density at radius 3 is 2.59 bits per heavy atom. The molecule has 32 heavy (non-hydrogen) atoms. The third kappa shape index (κ3) is 3.37. The Kier molecular flexibility index (Phi) is 4.79. The van der Waals surface area contributed by atoms with E-state index in [4.69, 9.17) is 16.3 Å². The molecule has 1 aromatic heterocycles. The van der Waals surface area contributed by atoms with Crippen LogP contribution in [0, 0.1) is 30.0 Å². The number of carbonyl (C=O) groups excluding carboxylic acids is 1. The quantitative estimate of drug-likeness (QED) is 0.670. The Labute approximate surface area is 189 Å². The molecule has 0 saturated heterocycles. The average Bonchev–Trinajstić information content (AvgIpc) is 3.27.